The lowest BCUT2D eigenvalue weighted by Crippen LogP contribution is -2.48. The van der Waals surface area contributed by atoms with Crippen LogP contribution in [0.2, 0.25) is 0 Å². The average Bonchev–Trinajstić information content (AvgIpc) is 3.25. The molecule has 11 heteroatoms. The van der Waals surface area contributed by atoms with Gasteiger partial charge in [0.1, 0.15) is 5.69 Å². The number of aromatic nitrogens is 1. The maximum Gasteiger partial charge on any atom is 0.294 e. The molecule has 182 valence electrons. The maximum atomic E-state index is 13.5. The summed E-state index contributed by atoms with van der Waals surface area (Å²) in [6, 6.07) is 8.39. The Balaban J connectivity index is 1.59. The minimum atomic E-state index is -0.472. The predicted molar refractivity (Wildman–Crippen MR) is 130 cm³/mol. The molecule has 0 spiro atoms. The zero-order chi connectivity index (χ0) is 24.2. The normalized spacial score (nSPS) is 24.7. The number of benzene rings is 1. The summed E-state index contributed by atoms with van der Waals surface area (Å²) in [6.07, 6.45) is 1.22. The van der Waals surface area contributed by atoms with Crippen LogP contribution in [-0.2, 0) is 16.1 Å². The third-order valence-corrected chi connectivity index (χ3v) is 6.33. The summed E-state index contributed by atoms with van der Waals surface area (Å²) in [5, 5.41) is 18.5. The molecule has 1 amide bonds. The van der Waals surface area contributed by atoms with Gasteiger partial charge in [-0.15, -0.1) is 0 Å². The van der Waals surface area contributed by atoms with Crippen molar-refractivity contribution in [3.05, 3.63) is 62.4 Å². The Morgan fingerprint density at radius 2 is 2.09 bits per heavy atom. The summed E-state index contributed by atoms with van der Waals surface area (Å²) in [4.78, 5) is 31.0. The third kappa shape index (κ3) is 5.72. The molecule has 2 saturated heterocycles. The van der Waals surface area contributed by atoms with Crippen LogP contribution in [0.1, 0.15) is 29.9 Å². The van der Waals surface area contributed by atoms with E-state index in [-0.39, 0.29) is 47.2 Å². The van der Waals surface area contributed by atoms with Gasteiger partial charge in [-0.3, -0.25) is 19.9 Å². The number of morpholine rings is 1. The van der Waals surface area contributed by atoms with E-state index in [4.69, 9.17) is 9.47 Å². The fourth-order valence-corrected chi connectivity index (χ4v) is 4.85. The van der Waals surface area contributed by atoms with Crippen molar-refractivity contribution in [2.45, 2.75) is 44.8 Å². The first-order valence-electron chi connectivity index (χ1n) is 11.2. The number of carbonyl (C=O) groups is 1. The molecule has 2 N–H and O–H groups in total. The predicted octanol–water partition coefficient (Wildman–Crippen LogP) is 2.97. The van der Waals surface area contributed by atoms with Crippen molar-refractivity contribution >= 4 is 33.2 Å². The number of nitrogens with one attached hydrogen (secondary N) is 2. The third-order valence-electron chi connectivity index (χ3n) is 5.88. The first kappa shape index (κ1) is 24.5. The number of hydrogen-bond acceptors (Lipinski definition) is 8. The van der Waals surface area contributed by atoms with Crippen molar-refractivity contribution in [2.75, 3.05) is 31.5 Å². The second-order valence-corrected chi connectivity index (χ2v) is 9.57. The highest BCUT2D eigenvalue weighted by Gasteiger charge is 2.34. The second kappa shape index (κ2) is 10.8. The maximum absolute atomic E-state index is 13.5. The first-order valence-corrected chi connectivity index (χ1v) is 12.0. The van der Waals surface area contributed by atoms with Crippen molar-refractivity contribution in [3.8, 4) is 0 Å². The van der Waals surface area contributed by atoms with Crippen molar-refractivity contribution in [1.82, 2.24) is 15.2 Å². The molecule has 2 aliphatic rings. The lowest BCUT2D eigenvalue weighted by molar-refractivity contribution is -0.384. The number of ether oxygens (including phenoxy) is 2. The molecule has 0 aliphatic carbocycles. The Bertz CT molecular complexity index is 1030. The molecule has 10 nitrogen and oxygen atoms in total. The van der Waals surface area contributed by atoms with Crippen molar-refractivity contribution in [3.63, 3.8) is 0 Å². The number of nitrogens with zero attached hydrogens (tertiary/aromatic N) is 3. The SMILES string of the molecule is C[C@@H]1CN(C(=O)c2cc(Br)cc([N+](=O)[O-])c2N[C@H]2CNC[C@@H]2OCc2ccccn2)C[C@H](C)O1. The largest absolute Gasteiger partial charge is 0.372 e. The Morgan fingerprint density at radius 3 is 2.76 bits per heavy atom. The lowest BCUT2D eigenvalue weighted by Gasteiger charge is -2.35. The van der Waals surface area contributed by atoms with Gasteiger partial charge in [0, 0.05) is 42.9 Å². The fourth-order valence-electron chi connectivity index (χ4n) is 4.41. The quantitative estimate of drug-likeness (QED) is 0.411. The van der Waals surface area contributed by atoms with Crippen LogP contribution in [0.15, 0.2) is 41.0 Å². The molecule has 0 radical (unpaired) electrons. The van der Waals surface area contributed by atoms with Crippen LogP contribution < -0.4 is 10.6 Å². The minimum Gasteiger partial charge on any atom is -0.372 e. The molecule has 3 heterocycles. The summed E-state index contributed by atoms with van der Waals surface area (Å²) >= 11 is 3.34. The van der Waals surface area contributed by atoms with Crippen molar-refractivity contribution in [1.29, 1.82) is 0 Å². The number of nitro groups is 1. The Morgan fingerprint density at radius 1 is 1.32 bits per heavy atom. The molecular weight excluding hydrogens is 506 g/mol. The molecule has 0 unspecified atom stereocenters. The van der Waals surface area contributed by atoms with E-state index < -0.39 is 4.92 Å². The Kier molecular flexibility index (Phi) is 7.77. The van der Waals surface area contributed by atoms with Gasteiger partial charge < -0.3 is 25.0 Å². The summed E-state index contributed by atoms with van der Waals surface area (Å²) < 4.78 is 12.3. The Hall–Kier alpha value is -2.60. The van der Waals surface area contributed by atoms with Gasteiger partial charge in [0.05, 0.1) is 47.1 Å². The van der Waals surface area contributed by atoms with Gasteiger partial charge in [-0.2, -0.15) is 0 Å². The number of anilines is 1. The number of nitro benzene ring substituents is 1. The number of pyridine rings is 1. The topological polar surface area (TPSA) is 119 Å². The van der Waals surface area contributed by atoms with Crippen LogP contribution >= 0.6 is 15.9 Å². The van der Waals surface area contributed by atoms with Gasteiger partial charge in [-0.05, 0) is 32.0 Å². The highest BCUT2D eigenvalue weighted by atomic mass is 79.9. The molecule has 0 bridgehead atoms. The first-order chi connectivity index (χ1) is 16.3. The van der Waals surface area contributed by atoms with E-state index in [0.29, 0.717) is 37.3 Å². The van der Waals surface area contributed by atoms with E-state index in [1.165, 1.54) is 6.07 Å². The second-order valence-electron chi connectivity index (χ2n) is 8.65. The van der Waals surface area contributed by atoms with Crippen LogP contribution in [-0.4, -0.2) is 71.2 Å². The number of rotatable bonds is 7. The molecule has 2 fully saturated rings. The van der Waals surface area contributed by atoms with Crippen LogP contribution in [0.4, 0.5) is 11.4 Å². The van der Waals surface area contributed by atoms with Gasteiger partial charge in [-0.1, -0.05) is 22.0 Å². The summed E-state index contributed by atoms with van der Waals surface area (Å²) in [7, 11) is 0. The standard InChI is InChI=1S/C23H28BrN5O5/c1-14-11-28(12-15(2)34-14)23(30)18-7-16(24)8-20(29(31)32)22(18)27-19-9-25-10-21(19)33-13-17-5-3-4-6-26-17/h3-8,14-15,19,21,25,27H,9-13H2,1-2H3/t14-,15+,19-,21-/m0/s1. The summed E-state index contributed by atoms with van der Waals surface area (Å²) in [5.41, 5.74) is 1.08. The molecule has 4 rings (SSSR count). The van der Waals surface area contributed by atoms with E-state index in [0.717, 1.165) is 5.69 Å². The molecule has 0 saturated carbocycles. The molecule has 34 heavy (non-hydrogen) atoms. The number of halogens is 1. The van der Waals surface area contributed by atoms with Gasteiger partial charge in [0.15, 0.2) is 0 Å². The van der Waals surface area contributed by atoms with E-state index >= 15 is 0 Å². The number of hydrogen-bond donors (Lipinski definition) is 2. The van der Waals surface area contributed by atoms with E-state index in [1.54, 1.807) is 17.2 Å². The number of amides is 1. The molecule has 4 atom stereocenters. The van der Waals surface area contributed by atoms with Gasteiger partial charge in [-0.25, -0.2) is 0 Å². The molecule has 2 aliphatic heterocycles. The summed E-state index contributed by atoms with van der Waals surface area (Å²) in [6.45, 7) is 6.10. The molecular formula is C23H28BrN5O5. The number of carbonyl (C=O) groups excluding carboxylic acids is 1. The van der Waals surface area contributed by atoms with Crippen LogP contribution in [0.5, 0.6) is 0 Å². The zero-order valence-corrected chi connectivity index (χ0v) is 20.7. The van der Waals surface area contributed by atoms with Crippen molar-refractivity contribution in [2.24, 2.45) is 0 Å². The highest BCUT2D eigenvalue weighted by Crippen LogP contribution is 2.35. The minimum absolute atomic E-state index is 0.116. The Labute approximate surface area is 206 Å². The highest BCUT2D eigenvalue weighted by molar-refractivity contribution is 9.10. The van der Waals surface area contributed by atoms with E-state index in [9.17, 15) is 14.9 Å². The van der Waals surface area contributed by atoms with Crippen LogP contribution in [0.3, 0.4) is 0 Å². The molecule has 1 aromatic carbocycles. The van der Waals surface area contributed by atoms with Gasteiger partial charge in [0.25, 0.3) is 11.6 Å². The molecule has 1 aromatic heterocycles. The van der Waals surface area contributed by atoms with Gasteiger partial charge >= 0.3 is 0 Å². The lowest BCUT2D eigenvalue weighted by atomic mass is 10.1. The van der Waals surface area contributed by atoms with E-state index in [2.05, 4.69) is 31.5 Å². The zero-order valence-electron chi connectivity index (χ0n) is 19.1. The van der Waals surface area contributed by atoms with E-state index in [1.807, 2.05) is 32.0 Å². The van der Waals surface area contributed by atoms with Crippen LogP contribution in [0, 0.1) is 10.1 Å². The van der Waals surface area contributed by atoms with Gasteiger partial charge in [0.2, 0.25) is 0 Å². The summed E-state index contributed by atoms with van der Waals surface area (Å²) in [5.74, 6) is -0.272. The van der Waals surface area contributed by atoms with Crippen LogP contribution in [0.25, 0.3) is 0 Å². The monoisotopic (exact) mass is 533 g/mol. The molecule has 2 aromatic rings. The van der Waals surface area contributed by atoms with Crippen molar-refractivity contribution < 1.29 is 19.2 Å². The average molecular weight is 534 g/mol. The fraction of sp³-hybridized carbons (Fsp3) is 0.478. The smallest absolute Gasteiger partial charge is 0.294 e.